The highest BCUT2D eigenvalue weighted by molar-refractivity contribution is 8.00. The molecule has 0 saturated carbocycles. The number of thiophene rings is 1. The third-order valence-corrected chi connectivity index (χ3v) is 7.84. The zero-order chi connectivity index (χ0) is 17.9. The number of amides is 1. The number of carbonyl (C=O) groups excluding carboxylic acids is 1. The zero-order valence-electron chi connectivity index (χ0n) is 14.1. The van der Waals surface area contributed by atoms with E-state index in [1.54, 1.807) is 16.2 Å². The average molecular weight is 400 g/mol. The fourth-order valence-electron chi connectivity index (χ4n) is 2.96. The molecule has 0 spiro atoms. The Morgan fingerprint density at radius 3 is 3.00 bits per heavy atom. The first kappa shape index (κ1) is 18.6. The number of thioether (sulfide) groups is 1. The maximum atomic E-state index is 12.8. The van der Waals surface area contributed by atoms with E-state index >= 15 is 0 Å². The van der Waals surface area contributed by atoms with Crippen molar-refractivity contribution in [2.75, 3.05) is 23.8 Å². The second-order valence-corrected chi connectivity index (χ2v) is 10.2. The number of nitrogens with zero attached hydrogens (tertiary/aromatic N) is 3. The van der Waals surface area contributed by atoms with E-state index in [1.807, 2.05) is 11.4 Å². The number of fused-ring (bicyclic) bond motifs is 1. The topological polar surface area (TPSA) is 80.2 Å². The van der Waals surface area contributed by atoms with Crippen molar-refractivity contribution in [2.45, 2.75) is 37.3 Å². The molecule has 25 heavy (non-hydrogen) atoms. The van der Waals surface area contributed by atoms with E-state index in [2.05, 4.69) is 16.9 Å². The van der Waals surface area contributed by atoms with Crippen molar-refractivity contribution in [1.29, 1.82) is 0 Å². The zero-order valence-corrected chi connectivity index (χ0v) is 16.5. The summed E-state index contributed by atoms with van der Waals surface area (Å²) in [5, 5.41) is 3.73. The molecule has 136 valence electrons. The van der Waals surface area contributed by atoms with E-state index in [9.17, 15) is 13.2 Å². The summed E-state index contributed by atoms with van der Waals surface area (Å²) in [6, 6.07) is 1.78. The van der Waals surface area contributed by atoms with Crippen LogP contribution in [0.4, 0.5) is 0 Å². The van der Waals surface area contributed by atoms with Crippen molar-refractivity contribution in [3.8, 4) is 0 Å². The lowest BCUT2D eigenvalue weighted by atomic mass is 10.2. The molecule has 0 radical (unpaired) electrons. The van der Waals surface area contributed by atoms with E-state index in [0.29, 0.717) is 13.0 Å². The monoisotopic (exact) mass is 399 g/mol. The van der Waals surface area contributed by atoms with Gasteiger partial charge in [-0.2, -0.15) is 0 Å². The van der Waals surface area contributed by atoms with E-state index in [4.69, 9.17) is 0 Å². The van der Waals surface area contributed by atoms with Crippen molar-refractivity contribution in [1.82, 2.24) is 14.9 Å². The van der Waals surface area contributed by atoms with E-state index < -0.39 is 9.84 Å². The molecule has 0 unspecified atom stereocenters. The molecule has 9 heteroatoms. The quantitative estimate of drug-likeness (QED) is 0.526. The van der Waals surface area contributed by atoms with Crippen molar-refractivity contribution in [2.24, 2.45) is 0 Å². The average Bonchev–Trinajstić information content (AvgIpc) is 3.19. The Morgan fingerprint density at radius 2 is 2.28 bits per heavy atom. The first-order valence-corrected chi connectivity index (χ1v) is 12.0. The number of sulfone groups is 1. The Labute approximate surface area is 156 Å². The summed E-state index contributed by atoms with van der Waals surface area (Å²) in [5.74, 6) is 0.530. The van der Waals surface area contributed by atoms with Crippen LogP contribution in [0.2, 0.25) is 0 Å². The standard InChI is InChI=1S/C16H21N3O3S3/c1-2-3-6-19(12-5-8-25(21,22)10-12)14(20)9-24-16-13-4-7-23-15(13)17-11-18-16/h4,7,11-12H,2-3,5-6,8-10H2,1H3/t12-/m1/s1. The summed E-state index contributed by atoms with van der Waals surface area (Å²) >= 11 is 2.94. The Kier molecular flexibility index (Phi) is 5.96. The lowest BCUT2D eigenvalue weighted by molar-refractivity contribution is -0.130. The van der Waals surface area contributed by atoms with Crippen molar-refractivity contribution in [3.63, 3.8) is 0 Å². The molecule has 1 saturated heterocycles. The van der Waals surface area contributed by atoms with Crippen LogP contribution in [-0.2, 0) is 14.6 Å². The van der Waals surface area contributed by atoms with Gasteiger partial charge in [0.15, 0.2) is 9.84 Å². The molecule has 0 N–H and O–H groups in total. The number of aromatic nitrogens is 2. The Balaban J connectivity index is 1.68. The second kappa shape index (κ2) is 8.01. The van der Waals surface area contributed by atoms with Crippen molar-refractivity contribution < 1.29 is 13.2 Å². The van der Waals surface area contributed by atoms with Gasteiger partial charge in [0, 0.05) is 18.0 Å². The molecule has 3 heterocycles. The van der Waals surface area contributed by atoms with Gasteiger partial charge in [0.2, 0.25) is 5.91 Å². The number of hydrogen-bond acceptors (Lipinski definition) is 7. The van der Waals surface area contributed by atoms with Gasteiger partial charge in [0.25, 0.3) is 0 Å². The number of rotatable bonds is 7. The van der Waals surface area contributed by atoms with Crippen LogP contribution in [0.25, 0.3) is 10.2 Å². The summed E-state index contributed by atoms with van der Waals surface area (Å²) in [5.41, 5.74) is 0. The van der Waals surface area contributed by atoms with Gasteiger partial charge in [-0.15, -0.1) is 11.3 Å². The highest BCUT2D eigenvalue weighted by atomic mass is 32.2. The molecular formula is C16H21N3O3S3. The van der Waals surface area contributed by atoms with Crippen LogP contribution in [0.5, 0.6) is 0 Å². The predicted octanol–water partition coefficient (Wildman–Crippen LogP) is 2.60. The maximum absolute atomic E-state index is 12.8. The minimum Gasteiger partial charge on any atom is -0.338 e. The second-order valence-electron chi connectivity index (χ2n) is 6.10. The van der Waals surface area contributed by atoms with Gasteiger partial charge in [-0.05, 0) is 24.3 Å². The normalized spacial score (nSPS) is 19.3. The molecule has 1 fully saturated rings. The van der Waals surface area contributed by atoms with Crippen molar-refractivity contribution in [3.05, 3.63) is 17.8 Å². The van der Waals surface area contributed by atoms with Gasteiger partial charge in [-0.25, -0.2) is 18.4 Å². The predicted molar refractivity (Wildman–Crippen MR) is 102 cm³/mol. The van der Waals surface area contributed by atoms with Crippen LogP contribution in [-0.4, -0.2) is 59.0 Å². The Bertz CT molecular complexity index is 850. The van der Waals surface area contributed by atoms with Crippen molar-refractivity contribution >= 4 is 49.1 Å². The SMILES string of the molecule is CCCCN(C(=O)CSc1ncnc2sccc12)[C@@H]1CCS(=O)(=O)C1. The van der Waals surface area contributed by atoms with Gasteiger partial charge < -0.3 is 4.90 Å². The Hall–Kier alpha value is -1.19. The Morgan fingerprint density at radius 1 is 1.44 bits per heavy atom. The lowest BCUT2D eigenvalue weighted by Crippen LogP contribution is -2.42. The molecule has 0 bridgehead atoms. The van der Waals surface area contributed by atoms with E-state index in [1.165, 1.54) is 18.1 Å². The lowest BCUT2D eigenvalue weighted by Gasteiger charge is -2.28. The summed E-state index contributed by atoms with van der Waals surface area (Å²) < 4.78 is 23.6. The smallest absolute Gasteiger partial charge is 0.233 e. The van der Waals surface area contributed by atoms with Gasteiger partial charge in [-0.1, -0.05) is 25.1 Å². The van der Waals surface area contributed by atoms with Crippen LogP contribution in [0, 0.1) is 0 Å². The van der Waals surface area contributed by atoms with Crippen LogP contribution in [0.1, 0.15) is 26.2 Å². The molecule has 6 nitrogen and oxygen atoms in total. The van der Waals surface area contributed by atoms with Gasteiger partial charge in [0.1, 0.15) is 16.2 Å². The summed E-state index contributed by atoms with van der Waals surface area (Å²) in [6.07, 6.45) is 3.92. The van der Waals surface area contributed by atoms with Gasteiger partial charge in [-0.3, -0.25) is 4.79 Å². The number of carbonyl (C=O) groups is 1. The molecule has 1 aliphatic heterocycles. The maximum Gasteiger partial charge on any atom is 0.233 e. The molecule has 1 amide bonds. The number of unbranched alkanes of at least 4 members (excludes halogenated alkanes) is 1. The van der Waals surface area contributed by atoms with Crippen LogP contribution in [0.3, 0.4) is 0 Å². The molecular weight excluding hydrogens is 378 g/mol. The number of hydrogen-bond donors (Lipinski definition) is 0. The molecule has 0 aromatic carbocycles. The molecule has 1 atom stereocenters. The van der Waals surface area contributed by atoms with Crippen LogP contribution < -0.4 is 0 Å². The highest BCUT2D eigenvalue weighted by Gasteiger charge is 2.34. The summed E-state index contributed by atoms with van der Waals surface area (Å²) in [7, 11) is -3.01. The van der Waals surface area contributed by atoms with Gasteiger partial charge in [0.05, 0.1) is 17.3 Å². The molecule has 3 rings (SSSR count). The third kappa shape index (κ3) is 4.51. The molecule has 1 aliphatic rings. The minimum absolute atomic E-state index is 0.0115. The molecule has 2 aromatic heterocycles. The fraction of sp³-hybridized carbons (Fsp3) is 0.562. The first-order chi connectivity index (χ1) is 12.0. The fourth-order valence-corrected chi connectivity index (χ4v) is 6.35. The minimum atomic E-state index is -3.01. The van der Waals surface area contributed by atoms with Crippen LogP contribution in [0.15, 0.2) is 22.8 Å². The van der Waals surface area contributed by atoms with E-state index in [0.717, 1.165) is 28.1 Å². The highest BCUT2D eigenvalue weighted by Crippen LogP contribution is 2.28. The van der Waals surface area contributed by atoms with E-state index in [-0.39, 0.29) is 29.2 Å². The molecule has 0 aliphatic carbocycles. The molecule has 2 aromatic rings. The van der Waals surface area contributed by atoms with Crippen LogP contribution >= 0.6 is 23.1 Å². The largest absolute Gasteiger partial charge is 0.338 e. The third-order valence-electron chi connectivity index (χ3n) is 4.28. The first-order valence-electron chi connectivity index (χ1n) is 8.31. The van der Waals surface area contributed by atoms with Gasteiger partial charge >= 0.3 is 0 Å². The summed E-state index contributed by atoms with van der Waals surface area (Å²) in [4.78, 5) is 23.9. The summed E-state index contributed by atoms with van der Waals surface area (Å²) in [6.45, 7) is 2.69.